The van der Waals surface area contributed by atoms with Gasteiger partial charge in [-0.05, 0) is 28.3 Å². The molecule has 0 aliphatic heterocycles. The highest BCUT2D eigenvalue weighted by Gasteiger charge is 2.27. The quantitative estimate of drug-likeness (QED) is 0.424. The van der Waals surface area contributed by atoms with E-state index in [0.717, 1.165) is 11.1 Å². The van der Waals surface area contributed by atoms with Gasteiger partial charge in [0.2, 0.25) is 11.8 Å². The van der Waals surface area contributed by atoms with E-state index in [2.05, 4.69) is 42.0 Å². The summed E-state index contributed by atoms with van der Waals surface area (Å²) in [6, 6.07) is 18.1. The fraction of sp³-hybridized carbons (Fsp3) is 0.222. The van der Waals surface area contributed by atoms with Crippen LogP contribution in [0.5, 0.6) is 0 Å². The third-order valence-corrected chi connectivity index (χ3v) is 3.88. The van der Waals surface area contributed by atoms with E-state index in [9.17, 15) is 4.91 Å². The molecular formula is C18H19N4O2+. The van der Waals surface area contributed by atoms with Crippen LogP contribution in [-0.2, 0) is 6.54 Å². The molecule has 0 amide bonds. The lowest BCUT2D eigenvalue weighted by Crippen LogP contribution is -2.38. The lowest BCUT2D eigenvalue weighted by atomic mass is 10.0. The van der Waals surface area contributed by atoms with Gasteiger partial charge in [-0.1, -0.05) is 56.3 Å². The second kappa shape index (κ2) is 7.04. The Morgan fingerprint density at radius 1 is 1.12 bits per heavy atom. The van der Waals surface area contributed by atoms with Crippen molar-refractivity contribution in [2.75, 3.05) is 5.43 Å². The van der Waals surface area contributed by atoms with E-state index >= 15 is 0 Å². The number of hydrogen-bond acceptors (Lipinski definition) is 4. The summed E-state index contributed by atoms with van der Waals surface area (Å²) < 4.78 is 6.96. The Morgan fingerprint density at radius 3 is 2.46 bits per heavy atom. The summed E-state index contributed by atoms with van der Waals surface area (Å²) in [6.07, 6.45) is 0. The van der Waals surface area contributed by atoms with Crippen LogP contribution >= 0.6 is 0 Å². The zero-order valence-corrected chi connectivity index (χ0v) is 13.6. The van der Waals surface area contributed by atoms with Gasteiger partial charge in [-0.3, -0.25) is 4.52 Å². The molecule has 0 fully saturated rings. The maximum Gasteiger partial charge on any atom is 0.326 e. The Labute approximate surface area is 140 Å². The van der Waals surface area contributed by atoms with Gasteiger partial charge in [0.15, 0.2) is 0 Å². The van der Waals surface area contributed by atoms with Crippen molar-refractivity contribution in [3.63, 3.8) is 0 Å². The van der Waals surface area contributed by atoms with E-state index < -0.39 is 0 Å². The molecule has 1 heterocycles. The first-order valence-electron chi connectivity index (χ1n) is 7.81. The van der Waals surface area contributed by atoms with E-state index in [1.807, 2.05) is 42.5 Å². The Balaban J connectivity index is 2.00. The molecule has 0 spiro atoms. The molecule has 0 saturated heterocycles. The summed E-state index contributed by atoms with van der Waals surface area (Å²) in [6.45, 7) is 4.83. The molecule has 122 valence electrons. The number of nitrogens with one attached hydrogen (secondary N) is 1. The summed E-state index contributed by atoms with van der Waals surface area (Å²) in [5, 5.41) is 6.76. The maximum atomic E-state index is 10.6. The average Bonchev–Trinajstić information content (AvgIpc) is 2.98. The number of benzene rings is 2. The van der Waals surface area contributed by atoms with Crippen molar-refractivity contribution in [1.82, 2.24) is 5.27 Å². The Hall–Kier alpha value is -3.02. The van der Waals surface area contributed by atoms with Gasteiger partial charge in [-0.25, -0.2) is 5.43 Å². The maximum absolute atomic E-state index is 10.6. The molecule has 6 heteroatoms. The van der Waals surface area contributed by atoms with E-state index in [-0.39, 0.29) is 5.88 Å². The van der Waals surface area contributed by atoms with Crippen LogP contribution < -0.4 is 10.1 Å². The van der Waals surface area contributed by atoms with Gasteiger partial charge >= 0.3 is 11.6 Å². The summed E-state index contributed by atoms with van der Waals surface area (Å²) in [7, 11) is 0. The predicted molar refractivity (Wildman–Crippen MR) is 91.2 cm³/mol. The molecular weight excluding hydrogens is 304 g/mol. The molecule has 2 aromatic carbocycles. The lowest BCUT2D eigenvalue weighted by Gasteiger charge is -2.05. The second-order valence-electron chi connectivity index (χ2n) is 5.87. The summed E-state index contributed by atoms with van der Waals surface area (Å²) in [4.78, 5) is 10.6. The molecule has 3 rings (SSSR count). The van der Waals surface area contributed by atoms with Crippen molar-refractivity contribution in [3.05, 3.63) is 70.6 Å². The third-order valence-electron chi connectivity index (χ3n) is 3.88. The van der Waals surface area contributed by atoms with Crippen molar-refractivity contribution in [2.45, 2.75) is 26.3 Å². The van der Waals surface area contributed by atoms with Gasteiger partial charge in [0, 0.05) is 5.56 Å². The van der Waals surface area contributed by atoms with E-state index in [1.54, 1.807) is 4.68 Å². The minimum absolute atomic E-state index is 0.234. The number of nitroso groups, excluding NO2 is 1. The molecule has 24 heavy (non-hydrogen) atoms. The van der Waals surface area contributed by atoms with Gasteiger partial charge in [0.25, 0.3) is 0 Å². The van der Waals surface area contributed by atoms with E-state index in [0.29, 0.717) is 18.2 Å². The van der Waals surface area contributed by atoms with Crippen LogP contribution in [0.1, 0.15) is 30.9 Å². The summed E-state index contributed by atoms with van der Waals surface area (Å²) in [5.41, 5.74) is 6.26. The van der Waals surface area contributed by atoms with Gasteiger partial charge in [-0.2, -0.15) is 0 Å². The van der Waals surface area contributed by atoms with Crippen molar-refractivity contribution >= 4 is 5.88 Å². The van der Waals surface area contributed by atoms with Gasteiger partial charge in [0.05, 0.1) is 10.8 Å². The van der Waals surface area contributed by atoms with Crippen molar-refractivity contribution in [1.29, 1.82) is 0 Å². The molecule has 0 bridgehead atoms. The molecule has 0 aliphatic rings. The van der Waals surface area contributed by atoms with Crippen molar-refractivity contribution in [2.24, 2.45) is 5.29 Å². The predicted octanol–water partition coefficient (Wildman–Crippen LogP) is 3.89. The minimum atomic E-state index is 0.234. The molecule has 0 atom stereocenters. The summed E-state index contributed by atoms with van der Waals surface area (Å²) >= 11 is 0. The third kappa shape index (κ3) is 3.32. The molecule has 1 aromatic heterocycles. The van der Waals surface area contributed by atoms with Crippen LogP contribution in [0.2, 0.25) is 0 Å². The average molecular weight is 323 g/mol. The minimum Gasteiger partial charge on any atom is -0.280 e. The van der Waals surface area contributed by atoms with Crippen LogP contribution in [0, 0.1) is 4.91 Å². The van der Waals surface area contributed by atoms with E-state index in [4.69, 9.17) is 4.52 Å². The molecule has 3 aromatic rings. The number of hydrogen-bond donors (Lipinski definition) is 1. The smallest absolute Gasteiger partial charge is 0.280 e. The first kappa shape index (κ1) is 15.9. The first-order chi connectivity index (χ1) is 11.7. The zero-order chi connectivity index (χ0) is 16.9. The standard InChI is InChI=1S/C18H18N4O2/c1-13(2)15-8-10-16(11-9-15)17-18(19-20-23)24-21-22(17)12-14-6-4-3-5-7-14/h3-11,13H,12H2,1-2H3/p+1. The Kier molecular flexibility index (Phi) is 4.65. The fourth-order valence-corrected chi connectivity index (χ4v) is 2.58. The number of anilines is 1. The second-order valence-corrected chi connectivity index (χ2v) is 5.87. The lowest BCUT2D eigenvalue weighted by molar-refractivity contribution is -0.745. The Morgan fingerprint density at radius 2 is 1.83 bits per heavy atom. The number of nitrogens with zero attached hydrogens (tertiary/aromatic N) is 3. The first-order valence-corrected chi connectivity index (χ1v) is 7.81. The normalized spacial score (nSPS) is 10.8. The molecule has 0 unspecified atom stereocenters. The van der Waals surface area contributed by atoms with Crippen LogP contribution in [-0.4, -0.2) is 5.27 Å². The largest absolute Gasteiger partial charge is 0.326 e. The molecule has 0 aliphatic carbocycles. The topological polar surface area (TPSA) is 71.4 Å². The van der Waals surface area contributed by atoms with Gasteiger partial charge in [0.1, 0.15) is 0 Å². The molecule has 6 nitrogen and oxygen atoms in total. The SMILES string of the molecule is CC(C)c1ccc(-c2c(NN=O)on[n+]2Cc2ccccc2)cc1. The van der Waals surface area contributed by atoms with Crippen molar-refractivity contribution < 1.29 is 9.20 Å². The van der Waals surface area contributed by atoms with Crippen LogP contribution in [0.4, 0.5) is 5.88 Å². The van der Waals surface area contributed by atoms with Gasteiger partial charge in [-0.15, -0.1) is 4.91 Å². The van der Waals surface area contributed by atoms with Crippen molar-refractivity contribution in [3.8, 4) is 11.3 Å². The number of rotatable bonds is 6. The fourth-order valence-electron chi connectivity index (χ4n) is 2.58. The highest BCUT2D eigenvalue weighted by atomic mass is 16.5. The zero-order valence-electron chi connectivity index (χ0n) is 13.6. The summed E-state index contributed by atoms with van der Waals surface area (Å²) in [5.74, 6) is 0.686. The highest BCUT2D eigenvalue weighted by molar-refractivity contribution is 5.67. The van der Waals surface area contributed by atoms with E-state index in [1.165, 1.54) is 5.56 Å². The monoisotopic (exact) mass is 323 g/mol. The highest BCUT2D eigenvalue weighted by Crippen LogP contribution is 2.26. The molecule has 0 radical (unpaired) electrons. The van der Waals surface area contributed by atoms with Crippen LogP contribution in [0.3, 0.4) is 0 Å². The molecule has 0 saturated carbocycles. The number of aromatic nitrogens is 2. The van der Waals surface area contributed by atoms with Crippen LogP contribution in [0.15, 0.2) is 64.4 Å². The molecule has 1 N–H and O–H groups in total. The van der Waals surface area contributed by atoms with Crippen LogP contribution in [0.25, 0.3) is 11.3 Å². The Bertz CT molecular complexity index is 811. The van der Waals surface area contributed by atoms with Gasteiger partial charge < -0.3 is 0 Å².